The van der Waals surface area contributed by atoms with Crippen LogP contribution in [0.1, 0.15) is 38.3 Å². The molecule has 1 aliphatic rings. The van der Waals surface area contributed by atoms with Crippen molar-refractivity contribution in [1.82, 2.24) is 15.2 Å². The Bertz CT molecular complexity index is 449. The lowest BCUT2D eigenvalue weighted by molar-refractivity contribution is 0.250. The second-order valence-electron chi connectivity index (χ2n) is 6.55. The molecule has 1 fully saturated rings. The van der Waals surface area contributed by atoms with Gasteiger partial charge >= 0.3 is 0 Å². The molecule has 2 rings (SSSR count). The highest BCUT2D eigenvalue weighted by molar-refractivity contribution is 5.79. The topological polar surface area (TPSA) is 40.5 Å². The van der Waals surface area contributed by atoms with Crippen LogP contribution >= 0.6 is 0 Å². The molecule has 1 heterocycles. The van der Waals surface area contributed by atoms with Crippen LogP contribution in [0.15, 0.2) is 29.4 Å². The summed E-state index contributed by atoms with van der Waals surface area (Å²) in [7, 11) is 4.01. The zero-order valence-electron chi connectivity index (χ0n) is 14.3. The van der Waals surface area contributed by atoms with Crippen LogP contribution in [0.5, 0.6) is 0 Å². The average Bonchev–Trinajstić information content (AvgIpc) is 2.54. The summed E-state index contributed by atoms with van der Waals surface area (Å²) in [5, 5.41) is 3.45. The Labute approximate surface area is 135 Å². The number of guanidine groups is 1. The van der Waals surface area contributed by atoms with Crippen molar-refractivity contribution in [1.29, 1.82) is 0 Å². The first-order valence-electron chi connectivity index (χ1n) is 8.50. The molecular formula is C18H30N4. The predicted octanol–water partition coefficient (Wildman–Crippen LogP) is 2.96. The molecule has 1 N–H and O–H groups in total. The van der Waals surface area contributed by atoms with Gasteiger partial charge in [-0.05, 0) is 36.8 Å². The first kappa shape index (κ1) is 16.8. The molecule has 1 aromatic rings. The van der Waals surface area contributed by atoms with Gasteiger partial charge in [-0.2, -0.15) is 0 Å². The first-order chi connectivity index (χ1) is 10.7. The normalized spacial score (nSPS) is 22.4. The molecule has 22 heavy (non-hydrogen) atoms. The number of hydrogen-bond acceptors (Lipinski definition) is 2. The Morgan fingerprint density at radius 1 is 1.32 bits per heavy atom. The van der Waals surface area contributed by atoms with E-state index in [1.54, 1.807) is 0 Å². The summed E-state index contributed by atoms with van der Waals surface area (Å²) < 4.78 is 0. The van der Waals surface area contributed by atoms with Gasteiger partial charge in [0.2, 0.25) is 0 Å². The van der Waals surface area contributed by atoms with Gasteiger partial charge in [0.25, 0.3) is 0 Å². The molecule has 4 heteroatoms. The van der Waals surface area contributed by atoms with Crippen molar-refractivity contribution in [2.45, 2.75) is 39.0 Å². The van der Waals surface area contributed by atoms with E-state index in [1.807, 2.05) is 25.4 Å². The Morgan fingerprint density at radius 3 is 2.73 bits per heavy atom. The third-order valence-electron chi connectivity index (χ3n) is 4.63. The quantitative estimate of drug-likeness (QED) is 0.671. The molecule has 0 amide bonds. The van der Waals surface area contributed by atoms with Crippen molar-refractivity contribution in [2.75, 3.05) is 27.2 Å². The van der Waals surface area contributed by atoms with Crippen LogP contribution in [-0.4, -0.2) is 43.0 Å². The van der Waals surface area contributed by atoms with Crippen molar-refractivity contribution in [3.8, 4) is 0 Å². The van der Waals surface area contributed by atoms with Crippen molar-refractivity contribution in [2.24, 2.45) is 16.8 Å². The van der Waals surface area contributed by atoms with E-state index < -0.39 is 0 Å². The molecule has 1 aliphatic carbocycles. The highest BCUT2D eigenvalue weighted by atomic mass is 15.3. The highest BCUT2D eigenvalue weighted by Crippen LogP contribution is 2.28. The van der Waals surface area contributed by atoms with Gasteiger partial charge in [-0.1, -0.05) is 25.8 Å². The minimum Gasteiger partial charge on any atom is -0.356 e. The second-order valence-corrected chi connectivity index (χ2v) is 6.55. The molecule has 0 aromatic carbocycles. The maximum absolute atomic E-state index is 4.41. The molecule has 0 unspecified atom stereocenters. The van der Waals surface area contributed by atoms with Crippen molar-refractivity contribution >= 4 is 5.96 Å². The van der Waals surface area contributed by atoms with E-state index in [9.17, 15) is 0 Å². The summed E-state index contributed by atoms with van der Waals surface area (Å²) >= 11 is 0. The van der Waals surface area contributed by atoms with Crippen LogP contribution in [0.25, 0.3) is 0 Å². The van der Waals surface area contributed by atoms with Crippen molar-refractivity contribution in [3.05, 3.63) is 30.1 Å². The third kappa shape index (κ3) is 5.32. The fourth-order valence-corrected chi connectivity index (χ4v) is 3.22. The highest BCUT2D eigenvalue weighted by Gasteiger charge is 2.20. The SMILES string of the molecule is CN=C(NCCc1ccccn1)N(C)CC1CCC(C)CC1. The zero-order chi connectivity index (χ0) is 15.8. The van der Waals surface area contributed by atoms with Crippen LogP contribution in [0.2, 0.25) is 0 Å². The maximum atomic E-state index is 4.41. The molecule has 122 valence electrons. The number of aromatic nitrogens is 1. The average molecular weight is 302 g/mol. The molecule has 0 radical (unpaired) electrons. The number of nitrogens with zero attached hydrogens (tertiary/aromatic N) is 3. The monoisotopic (exact) mass is 302 g/mol. The summed E-state index contributed by atoms with van der Waals surface area (Å²) in [5.74, 6) is 2.72. The standard InChI is InChI=1S/C18H30N4/c1-15-7-9-16(10-8-15)14-22(3)18(19-2)21-13-11-17-6-4-5-12-20-17/h4-6,12,15-16H,7-11,13-14H2,1-3H3,(H,19,21). The largest absolute Gasteiger partial charge is 0.356 e. The van der Waals surface area contributed by atoms with Crippen LogP contribution < -0.4 is 5.32 Å². The lowest BCUT2D eigenvalue weighted by atomic mass is 9.83. The molecule has 1 saturated carbocycles. The lowest BCUT2D eigenvalue weighted by Crippen LogP contribution is -2.42. The van der Waals surface area contributed by atoms with E-state index in [1.165, 1.54) is 25.7 Å². The van der Waals surface area contributed by atoms with Crippen molar-refractivity contribution < 1.29 is 0 Å². The van der Waals surface area contributed by atoms with E-state index in [0.29, 0.717) is 0 Å². The van der Waals surface area contributed by atoms with Gasteiger partial charge in [-0.3, -0.25) is 9.98 Å². The molecule has 0 atom stereocenters. The second kappa shape index (κ2) is 8.76. The summed E-state index contributed by atoms with van der Waals surface area (Å²) in [6.07, 6.45) is 8.25. The molecule has 0 bridgehead atoms. The maximum Gasteiger partial charge on any atom is 0.193 e. The van der Waals surface area contributed by atoms with Gasteiger partial charge in [0, 0.05) is 45.5 Å². The number of pyridine rings is 1. The molecule has 0 saturated heterocycles. The molecule has 0 aliphatic heterocycles. The van der Waals surface area contributed by atoms with E-state index in [-0.39, 0.29) is 0 Å². The summed E-state index contributed by atoms with van der Waals surface area (Å²) in [6.45, 7) is 4.35. The van der Waals surface area contributed by atoms with E-state index >= 15 is 0 Å². The lowest BCUT2D eigenvalue weighted by Gasteiger charge is -2.31. The fraction of sp³-hybridized carbons (Fsp3) is 0.667. The summed E-state index contributed by atoms with van der Waals surface area (Å²) in [5.41, 5.74) is 1.12. The van der Waals surface area contributed by atoms with Crippen LogP contribution in [0.4, 0.5) is 0 Å². The van der Waals surface area contributed by atoms with E-state index in [4.69, 9.17) is 0 Å². The fourth-order valence-electron chi connectivity index (χ4n) is 3.22. The van der Waals surface area contributed by atoms with Gasteiger partial charge in [0.05, 0.1) is 0 Å². The first-order valence-corrected chi connectivity index (χ1v) is 8.50. The third-order valence-corrected chi connectivity index (χ3v) is 4.63. The Balaban J connectivity index is 1.73. The zero-order valence-corrected chi connectivity index (χ0v) is 14.3. The number of aliphatic imine (C=N–C) groups is 1. The Kier molecular flexibility index (Phi) is 6.69. The number of nitrogens with one attached hydrogen (secondary N) is 1. The van der Waals surface area contributed by atoms with E-state index in [2.05, 4.69) is 40.2 Å². The minimum atomic E-state index is 0.815. The molecule has 1 aromatic heterocycles. The minimum absolute atomic E-state index is 0.815. The van der Waals surface area contributed by atoms with E-state index in [0.717, 1.165) is 43.0 Å². The number of hydrogen-bond donors (Lipinski definition) is 1. The Hall–Kier alpha value is -1.58. The molecular weight excluding hydrogens is 272 g/mol. The summed E-state index contributed by atoms with van der Waals surface area (Å²) in [4.78, 5) is 11.0. The van der Waals surface area contributed by atoms with Gasteiger partial charge in [0.1, 0.15) is 0 Å². The van der Waals surface area contributed by atoms with Gasteiger partial charge in [-0.15, -0.1) is 0 Å². The summed E-state index contributed by atoms with van der Waals surface area (Å²) in [6, 6.07) is 6.05. The molecule has 0 spiro atoms. The van der Waals surface area contributed by atoms with Crippen LogP contribution in [-0.2, 0) is 6.42 Å². The van der Waals surface area contributed by atoms with Crippen molar-refractivity contribution in [3.63, 3.8) is 0 Å². The van der Waals surface area contributed by atoms with Gasteiger partial charge in [-0.25, -0.2) is 0 Å². The number of rotatable bonds is 5. The van der Waals surface area contributed by atoms with Gasteiger partial charge in [0.15, 0.2) is 5.96 Å². The Morgan fingerprint density at radius 2 is 2.09 bits per heavy atom. The van der Waals surface area contributed by atoms with Crippen LogP contribution in [0.3, 0.4) is 0 Å². The predicted molar refractivity (Wildman–Crippen MR) is 93.1 cm³/mol. The smallest absolute Gasteiger partial charge is 0.193 e. The van der Waals surface area contributed by atoms with Gasteiger partial charge < -0.3 is 10.2 Å². The molecule has 4 nitrogen and oxygen atoms in total. The van der Waals surface area contributed by atoms with Crippen LogP contribution in [0, 0.1) is 11.8 Å².